The van der Waals surface area contributed by atoms with Gasteiger partial charge in [0, 0.05) is 12.7 Å². The highest BCUT2D eigenvalue weighted by Crippen LogP contribution is 2.19. The minimum absolute atomic E-state index is 0.547. The molecule has 0 radical (unpaired) electrons. The molecular formula is C14H20O3. The Morgan fingerprint density at radius 3 is 2.71 bits per heavy atom. The van der Waals surface area contributed by atoms with Crippen molar-refractivity contribution in [2.45, 2.75) is 13.5 Å². The van der Waals surface area contributed by atoms with Gasteiger partial charge in [0.25, 0.3) is 0 Å². The molecule has 0 aliphatic heterocycles. The number of methoxy groups -OCH3 is 1. The number of hydrogen-bond acceptors (Lipinski definition) is 3. The predicted molar refractivity (Wildman–Crippen MR) is 68.6 cm³/mol. The minimum Gasteiger partial charge on any atom is -0.494 e. The second kappa shape index (κ2) is 7.87. The molecule has 0 bridgehead atoms. The van der Waals surface area contributed by atoms with Gasteiger partial charge in [-0.1, -0.05) is 30.8 Å². The largest absolute Gasteiger partial charge is 0.494 e. The first kappa shape index (κ1) is 13.7. The van der Waals surface area contributed by atoms with Crippen LogP contribution in [0.25, 0.3) is 5.76 Å². The van der Waals surface area contributed by atoms with Crippen LogP contribution in [0.2, 0.25) is 0 Å². The molecule has 0 amide bonds. The third kappa shape index (κ3) is 4.59. The highest BCUT2D eigenvalue weighted by atomic mass is 16.5. The van der Waals surface area contributed by atoms with E-state index in [0.29, 0.717) is 32.2 Å². The average molecular weight is 236 g/mol. The van der Waals surface area contributed by atoms with Crippen LogP contribution in [-0.4, -0.2) is 26.9 Å². The van der Waals surface area contributed by atoms with Gasteiger partial charge in [-0.25, -0.2) is 0 Å². The molecule has 0 atom stereocenters. The number of rotatable bonds is 8. The lowest BCUT2D eigenvalue weighted by Gasteiger charge is -2.12. The Labute approximate surface area is 103 Å². The van der Waals surface area contributed by atoms with Crippen molar-refractivity contribution in [1.29, 1.82) is 0 Å². The van der Waals surface area contributed by atoms with Crippen molar-refractivity contribution in [2.24, 2.45) is 0 Å². The van der Waals surface area contributed by atoms with Crippen LogP contribution < -0.4 is 0 Å². The first-order chi connectivity index (χ1) is 8.29. The lowest BCUT2D eigenvalue weighted by molar-refractivity contribution is 0.0614. The van der Waals surface area contributed by atoms with E-state index in [1.807, 2.05) is 31.2 Å². The fourth-order valence-electron chi connectivity index (χ4n) is 1.49. The summed E-state index contributed by atoms with van der Waals surface area (Å²) in [7, 11) is 1.66. The Kier molecular flexibility index (Phi) is 6.37. The summed E-state index contributed by atoms with van der Waals surface area (Å²) >= 11 is 0. The predicted octanol–water partition coefficient (Wildman–Crippen LogP) is 2.86. The molecule has 3 nitrogen and oxygen atoms in total. The standard InChI is InChI=1S/C14H20O3/c1-4-17-12(2)14-8-6-5-7-13(14)11-16-10-9-15-3/h5-8H,2,4,9-11H2,1,3H3. The van der Waals surface area contributed by atoms with E-state index in [2.05, 4.69) is 6.58 Å². The quantitative estimate of drug-likeness (QED) is 0.513. The van der Waals surface area contributed by atoms with Gasteiger partial charge >= 0.3 is 0 Å². The van der Waals surface area contributed by atoms with Crippen molar-refractivity contribution in [3.63, 3.8) is 0 Å². The second-order valence-electron chi connectivity index (χ2n) is 3.56. The molecule has 0 spiro atoms. The van der Waals surface area contributed by atoms with E-state index >= 15 is 0 Å². The van der Waals surface area contributed by atoms with Crippen molar-refractivity contribution < 1.29 is 14.2 Å². The molecule has 0 N–H and O–H groups in total. The first-order valence-corrected chi connectivity index (χ1v) is 5.76. The van der Waals surface area contributed by atoms with Gasteiger partial charge in [0.1, 0.15) is 5.76 Å². The second-order valence-corrected chi connectivity index (χ2v) is 3.56. The van der Waals surface area contributed by atoms with E-state index in [1.165, 1.54) is 0 Å². The number of hydrogen-bond donors (Lipinski definition) is 0. The Morgan fingerprint density at radius 1 is 1.24 bits per heavy atom. The van der Waals surface area contributed by atoms with Gasteiger partial charge in [0.2, 0.25) is 0 Å². The lowest BCUT2D eigenvalue weighted by Crippen LogP contribution is -2.04. The third-order valence-electron chi connectivity index (χ3n) is 2.33. The van der Waals surface area contributed by atoms with Crippen LogP contribution in [0.5, 0.6) is 0 Å². The molecule has 0 saturated carbocycles. The van der Waals surface area contributed by atoms with Gasteiger partial charge in [-0.2, -0.15) is 0 Å². The third-order valence-corrected chi connectivity index (χ3v) is 2.33. The average Bonchev–Trinajstić information content (AvgIpc) is 2.35. The van der Waals surface area contributed by atoms with Gasteiger partial charge in [-0.05, 0) is 12.5 Å². The molecule has 17 heavy (non-hydrogen) atoms. The minimum atomic E-state index is 0.547. The summed E-state index contributed by atoms with van der Waals surface area (Å²) in [5.41, 5.74) is 2.09. The molecule has 0 aliphatic carbocycles. The van der Waals surface area contributed by atoms with Gasteiger partial charge < -0.3 is 14.2 Å². The summed E-state index contributed by atoms with van der Waals surface area (Å²) < 4.78 is 15.9. The molecule has 1 rings (SSSR count). The zero-order valence-corrected chi connectivity index (χ0v) is 10.6. The highest BCUT2D eigenvalue weighted by Gasteiger charge is 2.06. The molecule has 94 valence electrons. The molecule has 3 heteroatoms. The van der Waals surface area contributed by atoms with E-state index in [-0.39, 0.29) is 0 Å². The van der Waals surface area contributed by atoms with E-state index in [9.17, 15) is 0 Å². The van der Waals surface area contributed by atoms with Gasteiger partial charge in [0.05, 0.1) is 26.4 Å². The normalized spacial score (nSPS) is 10.2. The van der Waals surface area contributed by atoms with Crippen LogP contribution in [0.4, 0.5) is 0 Å². The van der Waals surface area contributed by atoms with Crippen molar-refractivity contribution in [2.75, 3.05) is 26.9 Å². The van der Waals surface area contributed by atoms with Crippen molar-refractivity contribution in [3.8, 4) is 0 Å². The molecule has 1 aromatic carbocycles. The summed E-state index contributed by atoms with van der Waals surface area (Å²) in [6.07, 6.45) is 0. The maximum Gasteiger partial charge on any atom is 0.119 e. The Balaban J connectivity index is 2.61. The molecule has 1 aromatic rings. The number of benzene rings is 1. The molecule has 0 aromatic heterocycles. The van der Waals surface area contributed by atoms with Gasteiger partial charge in [0.15, 0.2) is 0 Å². The Morgan fingerprint density at radius 2 is 2.00 bits per heavy atom. The van der Waals surface area contributed by atoms with E-state index in [4.69, 9.17) is 14.2 Å². The smallest absolute Gasteiger partial charge is 0.119 e. The Hall–Kier alpha value is -1.32. The highest BCUT2D eigenvalue weighted by molar-refractivity contribution is 5.60. The summed E-state index contributed by atoms with van der Waals surface area (Å²) in [6, 6.07) is 7.97. The Bertz CT molecular complexity index is 347. The molecule has 0 fully saturated rings. The monoisotopic (exact) mass is 236 g/mol. The van der Waals surface area contributed by atoms with E-state index in [1.54, 1.807) is 7.11 Å². The summed E-state index contributed by atoms with van der Waals surface area (Å²) in [4.78, 5) is 0. The van der Waals surface area contributed by atoms with Crippen LogP contribution in [-0.2, 0) is 20.8 Å². The molecule has 0 unspecified atom stereocenters. The van der Waals surface area contributed by atoms with Crippen molar-refractivity contribution >= 4 is 5.76 Å². The van der Waals surface area contributed by atoms with Crippen molar-refractivity contribution in [1.82, 2.24) is 0 Å². The van der Waals surface area contributed by atoms with Crippen LogP contribution in [0.3, 0.4) is 0 Å². The van der Waals surface area contributed by atoms with Crippen molar-refractivity contribution in [3.05, 3.63) is 42.0 Å². The maximum absolute atomic E-state index is 5.51. The van der Waals surface area contributed by atoms with Gasteiger partial charge in [-0.3, -0.25) is 0 Å². The van der Waals surface area contributed by atoms with E-state index < -0.39 is 0 Å². The fraction of sp³-hybridized carbons (Fsp3) is 0.429. The molecule has 0 saturated heterocycles. The fourth-order valence-corrected chi connectivity index (χ4v) is 1.49. The van der Waals surface area contributed by atoms with Crippen LogP contribution in [0.15, 0.2) is 30.8 Å². The molecule has 0 heterocycles. The topological polar surface area (TPSA) is 27.7 Å². The summed E-state index contributed by atoms with van der Waals surface area (Å²) in [5, 5.41) is 0. The van der Waals surface area contributed by atoms with Crippen LogP contribution >= 0.6 is 0 Å². The zero-order valence-electron chi connectivity index (χ0n) is 10.6. The molecular weight excluding hydrogens is 216 g/mol. The molecule has 0 aliphatic rings. The van der Waals surface area contributed by atoms with Crippen LogP contribution in [0, 0.1) is 0 Å². The maximum atomic E-state index is 5.51. The lowest BCUT2D eigenvalue weighted by atomic mass is 10.1. The SMILES string of the molecule is C=C(OCC)c1ccccc1COCCOC. The van der Waals surface area contributed by atoms with E-state index in [0.717, 1.165) is 11.1 Å². The summed E-state index contributed by atoms with van der Waals surface area (Å²) in [5.74, 6) is 0.693. The number of ether oxygens (including phenoxy) is 3. The summed E-state index contributed by atoms with van der Waals surface area (Å²) in [6.45, 7) is 8.23. The van der Waals surface area contributed by atoms with Gasteiger partial charge in [-0.15, -0.1) is 0 Å². The zero-order chi connectivity index (χ0) is 12.5. The van der Waals surface area contributed by atoms with Crippen LogP contribution in [0.1, 0.15) is 18.1 Å². The first-order valence-electron chi connectivity index (χ1n) is 5.76.